The van der Waals surface area contributed by atoms with Crippen LogP contribution in [0.2, 0.25) is 0 Å². The smallest absolute Gasteiger partial charge is 0.119 e. The maximum atomic E-state index is 5.55. The number of benzene rings is 2. The van der Waals surface area contributed by atoms with Crippen LogP contribution in [0.3, 0.4) is 0 Å². The Balaban J connectivity index is 0.00000144. The van der Waals surface area contributed by atoms with Crippen LogP contribution in [-0.4, -0.2) is 13.7 Å². The van der Waals surface area contributed by atoms with Crippen LogP contribution >= 0.6 is 12.4 Å². The largest absolute Gasteiger partial charge is 0.497 e. The predicted molar refractivity (Wildman–Crippen MR) is 75.1 cm³/mol. The van der Waals surface area contributed by atoms with Crippen LogP contribution < -0.4 is 10.5 Å². The molecule has 0 fully saturated rings. The van der Waals surface area contributed by atoms with Crippen molar-refractivity contribution in [1.29, 1.82) is 0 Å². The lowest BCUT2D eigenvalue weighted by Gasteiger charge is -2.07. The lowest BCUT2D eigenvalue weighted by atomic mass is 10.0. The number of hydrogen-bond donors (Lipinski definition) is 1. The summed E-state index contributed by atoms with van der Waals surface area (Å²) >= 11 is 0. The molecular weight excluding hydrogens is 234 g/mol. The van der Waals surface area contributed by atoms with Gasteiger partial charge in [0.1, 0.15) is 5.75 Å². The van der Waals surface area contributed by atoms with Crippen LogP contribution in [-0.2, 0) is 6.42 Å². The van der Waals surface area contributed by atoms with Gasteiger partial charge in [-0.25, -0.2) is 0 Å². The van der Waals surface area contributed by atoms with E-state index in [9.17, 15) is 0 Å². The van der Waals surface area contributed by atoms with Crippen LogP contribution in [0.1, 0.15) is 12.0 Å². The maximum Gasteiger partial charge on any atom is 0.119 e. The molecule has 2 nitrogen and oxygen atoms in total. The quantitative estimate of drug-likeness (QED) is 0.906. The first-order valence-corrected chi connectivity index (χ1v) is 5.61. The highest BCUT2D eigenvalue weighted by molar-refractivity contribution is 5.87. The van der Waals surface area contributed by atoms with E-state index in [1.807, 2.05) is 6.07 Å². The number of methoxy groups -OCH3 is 1. The molecule has 92 valence electrons. The third-order valence-corrected chi connectivity index (χ3v) is 2.83. The minimum Gasteiger partial charge on any atom is -0.497 e. The van der Waals surface area contributed by atoms with Gasteiger partial charge in [-0.15, -0.1) is 12.4 Å². The lowest BCUT2D eigenvalue weighted by molar-refractivity contribution is 0.415. The molecule has 0 saturated heterocycles. The monoisotopic (exact) mass is 251 g/mol. The zero-order chi connectivity index (χ0) is 11.4. The molecule has 0 atom stereocenters. The molecule has 0 saturated carbocycles. The fourth-order valence-corrected chi connectivity index (χ4v) is 1.95. The van der Waals surface area contributed by atoms with Gasteiger partial charge in [0.25, 0.3) is 0 Å². The third-order valence-electron chi connectivity index (χ3n) is 2.83. The fourth-order valence-electron chi connectivity index (χ4n) is 1.95. The number of halogens is 1. The Bertz CT molecular complexity index is 485. The second kappa shape index (κ2) is 6.48. The van der Waals surface area contributed by atoms with Crippen LogP contribution in [0.4, 0.5) is 0 Å². The van der Waals surface area contributed by atoms with Gasteiger partial charge in [-0.2, -0.15) is 0 Å². The molecule has 0 aromatic heterocycles. The molecule has 0 bridgehead atoms. The van der Waals surface area contributed by atoms with Gasteiger partial charge in [0, 0.05) is 0 Å². The molecule has 2 N–H and O–H groups in total. The Morgan fingerprint density at radius 1 is 1.18 bits per heavy atom. The first-order chi connectivity index (χ1) is 7.85. The highest BCUT2D eigenvalue weighted by Crippen LogP contribution is 2.24. The van der Waals surface area contributed by atoms with E-state index in [2.05, 4.69) is 30.3 Å². The van der Waals surface area contributed by atoms with Crippen LogP contribution in [0.5, 0.6) is 5.75 Å². The molecule has 0 aliphatic rings. The van der Waals surface area contributed by atoms with Crippen molar-refractivity contribution in [2.24, 2.45) is 5.73 Å². The Hall–Kier alpha value is -1.25. The molecule has 2 rings (SSSR count). The first-order valence-electron chi connectivity index (χ1n) is 5.61. The number of ether oxygens (including phenoxy) is 1. The highest BCUT2D eigenvalue weighted by atomic mass is 35.5. The van der Waals surface area contributed by atoms with Crippen molar-refractivity contribution in [3.63, 3.8) is 0 Å². The van der Waals surface area contributed by atoms with Crippen molar-refractivity contribution in [3.8, 4) is 5.75 Å². The van der Waals surface area contributed by atoms with Gasteiger partial charge < -0.3 is 10.5 Å². The molecule has 0 unspecified atom stereocenters. The highest BCUT2D eigenvalue weighted by Gasteiger charge is 2.02. The van der Waals surface area contributed by atoms with Gasteiger partial charge in [0.05, 0.1) is 7.11 Å². The minimum atomic E-state index is 0. The van der Waals surface area contributed by atoms with Gasteiger partial charge in [0.15, 0.2) is 0 Å². The molecule has 0 spiro atoms. The van der Waals surface area contributed by atoms with E-state index in [-0.39, 0.29) is 12.4 Å². The van der Waals surface area contributed by atoms with Crippen LogP contribution in [0.25, 0.3) is 10.8 Å². The first kappa shape index (κ1) is 13.8. The zero-order valence-corrected chi connectivity index (χ0v) is 10.8. The van der Waals surface area contributed by atoms with Crippen LogP contribution in [0, 0.1) is 0 Å². The van der Waals surface area contributed by atoms with Gasteiger partial charge in [0.2, 0.25) is 0 Å². The summed E-state index contributed by atoms with van der Waals surface area (Å²) in [5.41, 5.74) is 6.90. The topological polar surface area (TPSA) is 35.2 Å². The Morgan fingerprint density at radius 2 is 2.00 bits per heavy atom. The van der Waals surface area contributed by atoms with E-state index >= 15 is 0 Å². The molecule has 0 radical (unpaired) electrons. The average molecular weight is 252 g/mol. The molecule has 2 aromatic rings. The number of rotatable bonds is 4. The van der Waals surface area contributed by atoms with Crippen molar-refractivity contribution in [3.05, 3.63) is 42.0 Å². The molecule has 0 aliphatic heterocycles. The van der Waals surface area contributed by atoms with E-state index < -0.39 is 0 Å². The lowest BCUT2D eigenvalue weighted by Crippen LogP contribution is -2.00. The standard InChI is InChI=1S/C14H17NO.ClH/c1-16-13-8-7-12-5-2-4-11(6-3-9-15)14(12)10-13;/h2,4-5,7-8,10H,3,6,9,15H2,1H3;1H. The second-order valence-electron chi connectivity index (χ2n) is 3.90. The SMILES string of the molecule is COc1ccc2cccc(CCCN)c2c1.Cl. The van der Waals surface area contributed by atoms with Crippen molar-refractivity contribution in [2.45, 2.75) is 12.8 Å². The third kappa shape index (κ3) is 3.11. The van der Waals surface area contributed by atoms with Crippen LogP contribution in [0.15, 0.2) is 36.4 Å². The molecule has 3 heteroatoms. The van der Waals surface area contributed by atoms with Crippen molar-refractivity contribution in [2.75, 3.05) is 13.7 Å². The Kier molecular flexibility index (Phi) is 5.26. The molecule has 0 aliphatic carbocycles. The summed E-state index contributed by atoms with van der Waals surface area (Å²) < 4.78 is 5.26. The van der Waals surface area contributed by atoms with Gasteiger partial charge in [-0.3, -0.25) is 0 Å². The molecule has 0 amide bonds. The normalized spacial score (nSPS) is 10.0. The van der Waals surface area contributed by atoms with Crippen molar-refractivity contribution < 1.29 is 4.74 Å². The molecule has 17 heavy (non-hydrogen) atoms. The summed E-state index contributed by atoms with van der Waals surface area (Å²) in [6.45, 7) is 0.736. The molecular formula is C14H18ClNO. The van der Waals surface area contributed by atoms with Gasteiger partial charge in [-0.1, -0.05) is 24.3 Å². The van der Waals surface area contributed by atoms with Crippen molar-refractivity contribution in [1.82, 2.24) is 0 Å². The van der Waals surface area contributed by atoms with E-state index in [0.717, 1.165) is 25.1 Å². The minimum absolute atomic E-state index is 0. The van der Waals surface area contributed by atoms with E-state index in [1.54, 1.807) is 7.11 Å². The molecule has 0 heterocycles. The van der Waals surface area contributed by atoms with Crippen molar-refractivity contribution >= 4 is 23.2 Å². The number of aryl methyl sites for hydroxylation is 1. The number of nitrogens with two attached hydrogens (primary N) is 1. The average Bonchev–Trinajstić information content (AvgIpc) is 2.35. The predicted octanol–water partition coefficient (Wildman–Crippen LogP) is 3.16. The number of hydrogen-bond acceptors (Lipinski definition) is 2. The van der Waals surface area contributed by atoms with E-state index in [1.165, 1.54) is 16.3 Å². The second-order valence-corrected chi connectivity index (χ2v) is 3.90. The summed E-state index contributed by atoms with van der Waals surface area (Å²) in [5.74, 6) is 0.910. The number of fused-ring (bicyclic) bond motifs is 1. The molecule has 2 aromatic carbocycles. The Labute approximate surface area is 108 Å². The fraction of sp³-hybridized carbons (Fsp3) is 0.286. The van der Waals surface area contributed by atoms with E-state index in [0.29, 0.717) is 0 Å². The summed E-state index contributed by atoms with van der Waals surface area (Å²) in [7, 11) is 1.70. The van der Waals surface area contributed by atoms with Gasteiger partial charge >= 0.3 is 0 Å². The van der Waals surface area contributed by atoms with E-state index in [4.69, 9.17) is 10.5 Å². The zero-order valence-electron chi connectivity index (χ0n) is 9.98. The maximum absolute atomic E-state index is 5.55. The summed E-state index contributed by atoms with van der Waals surface area (Å²) in [6.07, 6.45) is 2.05. The Morgan fingerprint density at radius 3 is 2.71 bits per heavy atom. The summed E-state index contributed by atoms with van der Waals surface area (Å²) in [6, 6.07) is 12.6. The summed E-state index contributed by atoms with van der Waals surface area (Å²) in [4.78, 5) is 0. The van der Waals surface area contributed by atoms with Gasteiger partial charge in [-0.05, 0) is 47.9 Å². The summed E-state index contributed by atoms with van der Waals surface area (Å²) in [5, 5.41) is 2.53.